The van der Waals surface area contributed by atoms with Gasteiger partial charge in [0, 0.05) is 5.02 Å². The highest BCUT2D eigenvalue weighted by molar-refractivity contribution is 6.30. The highest BCUT2D eigenvalue weighted by Crippen LogP contribution is 2.36. The fourth-order valence-electron chi connectivity index (χ4n) is 1.63. The third-order valence-corrected chi connectivity index (χ3v) is 2.95. The van der Waals surface area contributed by atoms with Gasteiger partial charge in [-0.05, 0) is 30.9 Å². The van der Waals surface area contributed by atoms with Gasteiger partial charge in [0.15, 0.2) is 0 Å². The van der Waals surface area contributed by atoms with E-state index in [1.807, 2.05) is 0 Å². The van der Waals surface area contributed by atoms with Crippen LogP contribution in [0.3, 0.4) is 0 Å². The average molecular weight is 246 g/mol. The summed E-state index contributed by atoms with van der Waals surface area (Å²) in [5.41, 5.74) is -0.315. The molecule has 1 atom stereocenters. The summed E-state index contributed by atoms with van der Waals surface area (Å²) in [5, 5.41) is 9.66. The third kappa shape index (κ3) is 2.71. The largest absolute Gasteiger partial charge is 0.388 e. The second-order valence-electron chi connectivity index (χ2n) is 4.14. The van der Waals surface area contributed by atoms with Crippen molar-refractivity contribution in [2.24, 2.45) is 5.92 Å². The van der Waals surface area contributed by atoms with E-state index in [-0.39, 0.29) is 10.6 Å². The van der Waals surface area contributed by atoms with E-state index in [4.69, 9.17) is 11.6 Å². The maximum absolute atomic E-state index is 13.4. The second kappa shape index (κ2) is 4.68. The molecule has 16 heavy (non-hydrogen) atoms. The molecule has 0 spiro atoms. The molecule has 1 radical (unpaired) electrons. The molecule has 1 unspecified atom stereocenters. The molecule has 1 aromatic carbocycles. The minimum Gasteiger partial charge on any atom is -0.388 e. The molecular weight excluding hydrogens is 234 g/mol. The topological polar surface area (TPSA) is 20.2 Å². The van der Waals surface area contributed by atoms with Gasteiger partial charge in [0.1, 0.15) is 11.6 Å². The molecule has 0 aromatic heterocycles. The predicted octanol–water partition coefficient (Wildman–Crippen LogP) is 3.66. The lowest BCUT2D eigenvalue weighted by molar-refractivity contribution is 0.195. The SMILES string of the molecule is OC([CH]CC1CC1)c1c(F)cc(Cl)cc1F. The molecule has 1 aromatic rings. The zero-order valence-electron chi connectivity index (χ0n) is 8.59. The lowest BCUT2D eigenvalue weighted by atomic mass is 10.0. The van der Waals surface area contributed by atoms with Crippen molar-refractivity contribution >= 4 is 11.6 Å². The molecule has 1 aliphatic rings. The Hall–Kier alpha value is -0.670. The lowest BCUT2D eigenvalue weighted by Gasteiger charge is -2.12. The van der Waals surface area contributed by atoms with E-state index in [9.17, 15) is 13.9 Å². The van der Waals surface area contributed by atoms with Crippen LogP contribution in [0.25, 0.3) is 0 Å². The molecule has 1 aliphatic carbocycles. The van der Waals surface area contributed by atoms with E-state index in [1.54, 1.807) is 6.42 Å². The van der Waals surface area contributed by atoms with Crippen LogP contribution in [0.15, 0.2) is 12.1 Å². The normalized spacial score (nSPS) is 17.5. The second-order valence-corrected chi connectivity index (χ2v) is 4.58. The van der Waals surface area contributed by atoms with Crippen molar-refractivity contribution in [3.63, 3.8) is 0 Å². The van der Waals surface area contributed by atoms with Crippen molar-refractivity contribution in [3.05, 3.63) is 40.8 Å². The molecule has 4 heteroatoms. The molecule has 1 fully saturated rings. The molecule has 0 saturated heterocycles. The highest BCUT2D eigenvalue weighted by Gasteiger charge is 2.25. The Morgan fingerprint density at radius 2 is 1.94 bits per heavy atom. The summed E-state index contributed by atoms with van der Waals surface area (Å²) in [6, 6.07) is 2.02. The summed E-state index contributed by atoms with van der Waals surface area (Å²) in [6.45, 7) is 0. The van der Waals surface area contributed by atoms with Gasteiger partial charge in [0.05, 0.1) is 11.7 Å². The van der Waals surface area contributed by atoms with Crippen LogP contribution in [0.4, 0.5) is 8.78 Å². The number of rotatable bonds is 4. The average Bonchev–Trinajstić information content (AvgIpc) is 2.96. The van der Waals surface area contributed by atoms with Gasteiger partial charge in [0.2, 0.25) is 0 Å². The number of aliphatic hydroxyl groups is 1. The first-order valence-electron chi connectivity index (χ1n) is 5.23. The first kappa shape index (κ1) is 11.8. The van der Waals surface area contributed by atoms with E-state index < -0.39 is 17.7 Å². The molecule has 0 heterocycles. The molecule has 0 aliphatic heterocycles. The molecule has 1 N–H and O–H groups in total. The van der Waals surface area contributed by atoms with Gasteiger partial charge in [-0.3, -0.25) is 0 Å². The van der Waals surface area contributed by atoms with Gasteiger partial charge in [-0.25, -0.2) is 8.78 Å². The first-order chi connectivity index (χ1) is 7.58. The summed E-state index contributed by atoms with van der Waals surface area (Å²) in [7, 11) is 0. The standard InChI is InChI=1S/C12H12ClF2O/c13-8-5-9(14)12(10(15)6-8)11(16)4-3-7-1-2-7/h4-7,11,16H,1-3H2. The van der Waals surface area contributed by atoms with Crippen LogP contribution in [0.5, 0.6) is 0 Å². The number of aliphatic hydroxyl groups excluding tert-OH is 1. The Morgan fingerprint density at radius 1 is 1.38 bits per heavy atom. The predicted molar refractivity (Wildman–Crippen MR) is 58.0 cm³/mol. The molecule has 1 saturated carbocycles. The quantitative estimate of drug-likeness (QED) is 0.858. The van der Waals surface area contributed by atoms with Crippen LogP contribution >= 0.6 is 11.6 Å². The number of halogens is 3. The van der Waals surface area contributed by atoms with Gasteiger partial charge in [0.25, 0.3) is 0 Å². The minimum atomic E-state index is -1.20. The number of benzene rings is 1. The van der Waals surface area contributed by atoms with Gasteiger partial charge < -0.3 is 5.11 Å². The van der Waals surface area contributed by atoms with Crippen LogP contribution in [-0.4, -0.2) is 5.11 Å². The number of hydrogen-bond acceptors (Lipinski definition) is 1. The number of hydrogen-bond donors (Lipinski definition) is 1. The van der Waals surface area contributed by atoms with Crippen molar-refractivity contribution in [1.82, 2.24) is 0 Å². The van der Waals surface area contributed by atoms with Crippen molar-refractivity contribution in [2.75, 3.05) is 0 Å². The van der Waals surface area contributed by atoms with Crippen LogP contribution in [0.1, 0.15) is 30.9 Å². The fraction of sp³-hybridized carbons (Fsp3) is 0.417. The van der Waals surface area contributed by atoms with Crippen LogP contribution in [0.2, 0.25) is 5.02 Å². The summed E-state index contributed by atoms with van der Waals surface area (Å²) in [5.74, 6) is -1.03. The van der Waals surface area contributed by atoms with E-state index in [0.29, 0.717) is 12.3 Å². The van der Waals surface area contributed by atoms with Gasteiger partial charge >= 0.3 is 0 Å². The molecule has 87 valence electrons. The summed E-state index contributed by atoms with van der Waals surface area (Å²) < 4.78 is 26.8. The van der Waals surface area contributed by atoms with E-state index >= 15 is 0 Å². The van der Waals surface area contributed by atoms with Gasteiger partial charge in [-0.15, -0.1) is 0 Å². The maximum Gasteiger partial charge on any atom is 0.133 e. The lowest BCUT2D eigenvalue weighted by Crippen LogP contribution is -2.05. The Labute approximate surface area is 98.0 Å². The molecular formula is C12H12ClF2O. The zero-order chi connectivity index (χ0) is 11.7. The maximum atomic E-state index is 13.4. The van der Waals surface area contributed by atoms with E-state index in [1.165, 1.54) is 0 Å². The summed E-state index contributed by atoms with van der Waals surface area (Å²) in [6.07, 6.45) is 3.32. The Morgan fingerprint density at radius 3 is 2.44 bits per heavy atom. The van der Waals surface area contributed by atoms with Crippen molar-refractivity contribution < 1.29 is 13.9 Å². The molecule has 0 bridgehead atoms. The van der Waals surface area contributed by atoms with Crippen LogP contribution in [-0.2, 0) is 0 Å². The van der Waals surface area contributed by atoms with Crippen LogP contribution in [0, 0.1) is 24.0 Å². The fourth-order valence-corrected chi connectivity index (χ4v) is 1.82. The molecule has 0 amide bonds. The zero-order valence-corrected chi connectivity index (χ0v) is 9.35. The van der Waals surface area contributed by atoms with Crippen molar-refractivity contribution in [2.45, 2.75) is 25.4 Å². The van der Waals surface area contributed by atoms with Crippen LogP contribution < -0.4 is 0 Å². The monoisotopic (exact) mass is 245 g/mol. The van der Waals surface area contributed by atoms with Gasteiger partial charge in [-0.1, -0.05) is 24.4 Å². The highest BCUT2D eigenvalue weighted by atomic mass is 35.5. The Balaban J connectivity index is 2.11. The summed E-state index contributed by atoms with van der Waals surface area (Å²) >= 11 is 5.49. The van der Waals surface area contributed by atoms with E-state index in [0.717, 1.165) is 25.0 Å². The Kier molecular flexibility index (Phi) is 3.45. The molecule has 2 rings (SSSR count). The first-order valence-corrected chi connectivity index (χ1v) is 5.61. The molecule has 1 nitrogen and oxygen atoms in total. The minimum absolute atomic E-state index is 0.00635. The third-order valence-electron chi connectivity index (χ3n) is 2.73. The van der Waals surface area contributed by atoms with Crippen molar-refractivity contribution in [3.8, 4) is 0 Å². The van der Waals surface area contributed by atoms with E-state index in [2.05, 4.69) is 0 Å². The smallest absolute Gasteiger partial charge is 0.133 e. The summed E-state index contributed by atoms with van der Waals surface area (Å²) in [4.78, 5) is 0. The van der Waals surface area contributed by atoms with Gasteiger partial charge in [-0.2, -0.15) is 0 Å². The van der Waals surface area contributed by atoms with Crippen molar-refractivity contribution in [1.29, 1.82) is 0 Å². The Bertz CT molecular complexity index is 368.